The van der Waals surface area contributed by atoms with Crippen LogP contribution in [0.2, 0.25) is 0 Å². The Balaban J connectivity index is 0.798. The number of amides is 2. The Morgan fingerprint density at radius 3 is 2.49 bits per heavy atom. The minimum atomic E-state index is -1.34. The maximum Gasteiger partial charge on any atom is 0.404 e. The van der Waals surface area contributed by atoms with Crippen LogP contribution in [0.15, 0.2) is 71.1 Å². The number of piperazine rings is 1. The highest BCUT2D eigenvalue weighted by Crippen LogP contribution is 2.62. The lowest BCUT2D eigenvalue weighted by Gasteiger charge is -2.50. The lowest BCUT2D eigenvalue weighted by atomic mass is 9.55. The van der Waals surface area contributed by atoms with Crippen LogP contribution in [0, 0.1) is 23.2 Å². The number of fused-ring (bicyclic) bond motifs is 9. The van der Waals surface area contributed by atoms with Gasteiger partial charge in [0, 0.05) is 43.1 Å². The summed E-state index contributed by atoms with van der Waals surface area (Å²) < 4.78 is 23.2. The van der Waals surface area contributed by atoms with Crippen molar-refractivity contribution in [1.82, 2.24) is 9.80 Å². The molecule has 3 aliphatic heterocycles. The molecule has 2 amide bonds. The number of hydrogen-bond donors (Lipinski definition) is 2. The fraction of sp³-hybridized carbons (Fsp3) is 0.511. The van der Waals surface area contributed by atoms with Crippen LogP contribution in [0.1, 0.15) is 92.6 Å². The first-order valence-corrected chi connectivity index (χ1v) is 20.8. The smallest absolute Gasteiger partial charge is 0.404 e. The number of carbonyl (C=O) groups is 6. The van der Waals surface area contributed by atoms with Gasteiger partial charge in [-0.25, -0.2) is 9.59 Å². The molecule has 7 aliphatic rings. The number of primary amides is 1. The van der Waals surface area contributed by atoms with E-state index in [4.69, 9.17) is 30.4 Å². The second kappa shape index (κ2) is 14.4. The summed E-state index contributed by atoms with van der Waals surface area (Å²) in [6.45, 7) is 3.68. The fourth-order valence-electron chi connectivity index (χ4n) is 12.1. The van der Waals surface area contributed by atoms with Crippen LogP contribution in [0.5, 0.6) is 5.75 Å². The molecule has 14 nitrogen and oxygen atoms in total. The summed E-state index contributed by atoms with van der Waals surface area (Å²) in [6, 6.07) is 14.2. The fourth-order valence-corrected chi connectivity index (χ4v) is 12.1. The van der Waals surface area contributed by atoms with Crippen molar-refractivity contribution in [2.75, 3.05) is 20.3 Å². The zero-order valence-corrected chi connectivity index (χ0v) is 33.6. The van der Waals surface area contributed by atoms with Gasteiger partial charge < -0.3 is 40.2 Å². The van der Waals surface area contributed by atoms with Crippen molar-refractivity contribution in [3.63, 3.8) is 0 Å². The van der Waals surface area contributed by atoms with E-state index in [-0.39, 0.29) is 83.9 Å². The van der Waals surface area contributed by atoms with Crippen LogP contribution in [0.4, 0.5) is 4.79 Å². The van der Waals surface area contributed by atoms with E-state index in [2.05, 4.69) is 13.0 Å². The molecule has 310 valence electrons. The Hall–Kier alpha value is -5.50. The molecule has 4 fully saturated rings. The number of nitrogens with zero attached hydrogens (tertiary/aromatic N) is 2. The molecule has 2 saturated carbocycles. The number of Topliss-reactive ketones (excluding diaryl/α,β-unsaturated/α-hetero) is 2. The molecule has 0 bridgehead atoms. The molecule has 4 unspecified atom stereocenters. The van der Waals surface area contributed by atoms with E-state index in [1.165, 1.54) is 25.2 Å². The average molecular weight is 807 g/mol. The summed E-state index contributed by atoms with van der Waals surface area (Å²) in [6.07, 6.45) is 4.95. The largest absolute Gasteiger partial charge is 0.462 e. The first-order valence-electron chi connectivity index (χ1n) is 20.8. The number of benzene rings is 2. The van der Waals surface area contributed by atoms with Gasteiger partial charge in [0.05, 0.1) is 28.9 Å². The second-order valence-corrected chi connectivity index (χ2v) is 17.5. The Morgan fingerprint density at radius 2 is 1.75 bits per heavy atom. The van der Waals surface area contributed by atoms with Crippen LogP contribution >= 0.6 is 0 Å². The molecular formula is C45H50N4O10. The van der Waals surface area contributed by atoms with Gasteiger partial charge in [-0.1, -0.05) is 31.2 Å². The normalized spacial score (nSPS) is 32.4. The lowest BCUT2D eigenvalue weighted by Crippen LogP contribution is -2.56. The average Bonchev–Trinajstić information content (AvgIpc) is 3.55. The minimum Gasteiger partial charge on any atom is -0.462 e. The van der Waals surface area contributed by atoms with Crippen LogP contribution in [0.25, 0.3) is 0 Å². The van der Waals surface area contributed by atoms with Crippen molar-refractivity contribution in [2.24, 2.45) is 34.6 Å². The highest BCUT2D eigenvalue weighted by atomic mass is 16.6. The van der Waals surface area contributed by atoms with Crippen molar-refractivity contribution < 1.29 is 47.7 Å². The highest BCUT2D eigenvalue weighted by Gasteiger charge is 2.77. The maximum atomic E-state index is 13.7. The monoisotopic (exact) mass is 806 g/mol. The highest BCUT2D eigenvalue weighted by molar-refractivity contribution is 6.25. The van der Waals surface area contributed by atoms with Gasteiger partial charge >= 0.3 is 18.0 Å². The number of ether oxygens (including phenoxy) is 4. The first-order chi connectivity index (χ1) is 28.3. The van der Waals surface area contributed by atoms with Gasteiger partial charge in [0.15, 0.2) is 5.72 Å². The molecule has 4 aliphatic carbocycles. The summed E-state index contributed by atoms with van der Waals surface area (Å²) in [5, 5.41) is 0. The van der Waals surface area contributed by atoms with Crippen molar-refractivity contribution in [3.05, 3.63) is 87.8 Å². The molecule has 0 aromatic heterocycles. The molecule has 2 aromatic carbocycles. The van der Waals surface area contributed by atoms with E-state index in [0.717, 1.165) is 38.5 Å². The summed E-state index contributed by atoms with van der Waals surface area (Å²) in [4.78, 5) is 81.8. The third-order valence-electron chi connectivity index (χ3n) is 14.9. The SMILES string of the molecule is COC12C(COC(N)=O)C3=C(C(=O)C(C)=C(N)C3=O)N1CC1C2N1C(=O)CCCC(=O)O[C@H]1CC[C@H]2[C@@H]3CCc4cc(OC(=O)c5ccccc5)ccc4[C@H]3CC[C@]12C. The molecule has 0 spiro atoms. The van der Waals surface area contributed by atoms with E-state index in [1.54, 1.807) is 21.9 Å². The van der Waals surface area contributed by atoms with Crippen molar-refractivity contribution >= 4 is 35.5 Å². The number of methoxy groups -OCH3 is 1. The van der Waals surface area contributed by atoms with Gasteiger partial charge in [0.25, 0.3) is 0 Å². The standard InChI is InChI=1S/C45H50N4O10/c1-23-37(46)40(53)36-31(22-57-43(47)55)45(56-3)41-32(21-48(45)38(36)39(23)52)49(41)34(50)10-7-11-35(51)59-33-17-16-30-29-14-12-25-20-26(58-42(54)24-8-5-4-6-9-24)13-15-27(25)28(29)18-19-44(30,33)2/h4-6,8-9,13,15,20,28-33,41H,7,10-12,14,16-19,21-22,46H2,1-3H3,(H2,47,55)/t28-,29-,30+,31?,32?,33+,41?,44+,45?,49?/m1/s1. The van der Waals surface area contributed by atoms with Crippen LogP contribution in [-0.2, 0) is 39.8 Å². The number of nitrogens with two attached hydrogens (primary N) is 2. The molecule has 9 rings (SSSR count). The number of aryl methyl sites for hydroxylation is 1. The van der Waals surface area contributed by atoms with Gasteiger partial charge in [-0.3, -0.25) is 19.2 Å². The third kappa shape index (κ3) is 5.99. The summed E-state index contributed by atoms with van der Waals surface area (Å²) >= 11 is 0. The number of allylic oxidation sites excluding steroid dienone is 2. The number of esters is 2. The molecule has 4 N–H and O–H groups in total. The predicted molar refractivity (Wildman–Crippen MR) is 210 cm³/mol. The van der Waals surface area contributed by atoms with Crippen LogP contribution < -0.4 is 16.2 Å². The first kappa shape index (κ1) is 39.0. The number of carbonyl (C=O) groups excluding carboxylic acids is 6. The van der Waals surface area contributed by atoms with E-state index in [9.17, 15) is 28.8 Å². The number of rotatable bonds is 10. The summed E-state index contributed by atoms with van der Waals surface area (Å²) in [5.74, 6) is -0.832. The van der Waals surface area contributed by atoms with Crippen LogP contribution in [0.3, 0.4) is 0 Å². The molecule has 9 atom stereocenters. The molecule has 59 heavy (non-hydrogen) atoms. The Kier molecular flexibility index (Phi) is 9.48. The van der Waals surface area contributed by atoms with E-state index < -0.39 is 35.3 Å². The predicted octanol–water partition coefficient (Wildman–Crippen LogP) is 4.45. The van der Waals surface area contributed by atoms with E-state index in [0.29, 0.717) is 35.5 Å². The van der Waals surface area contributed by atoms with Gasteiger partial charge in [-0.2, -0.15) is 0 Å². The summed E-state index contributed by atoms with van der Waals surface area (Å²) in [5.41, 5.74) is 13.2. The zero-order chi connectivity index (χ0) is 41.5. The third-order valence-corrected chi connectivity index (χ3v) is 14.9. The van der Waals surface area contributed by atoms with E-state index >= 15 is 0 Å². The molecular weight excluding hydrogens is 757 g/mol. The van der Waals surface area contributed by atoms with Crippen molar-refractivity contribution in [2.45, 2.75) is 101 Å². The van der Waals surface area contributed by atoms with Crippen LogP contribution in [-0.4, -0.2) is 89.5 Å². The van der Waals surface area contributed by atoms with Gasteiger partial charge in [0.2, 0.25) is 17.5 Å². The zero-order valence-electron chi connectivity index (χ0n) is 33.6. The molecule has 2 aromatic rings. The Labute approximate surface area is 342 Å². The molecule has 14 heteroatoms. The van der Waals surface area contributed by atoms with Gasteiger partial charge in [-0.15, -0.1) is 0 Å². The molecule has 3 heterocycles. The molecule has 0 radical (unpaired) electrons. The van der Waals surface area contributed by atoms with E-state index in [1.807, 2.05) is 30.3 Å². The minimum absolute atomic E-state index is 0.0997. The quantitative estimate of drug-likeness (QED) is 0.148. The van der Waals surface area contributed by atoms with Gasteiger partial charge in [0.1, 0.15) is 24.5 Å². The lowest BCUT2D eigenvalue weighted by molar-refractivity contribution is -0.158. The molecule has 2 saturated heterocycles. The maximum absolute atomic E-state index is 13.7. The Morgan fingerprint density at radius 1 is 0.966 bits per heavy atom. The van der Waals surface area contributed by atoms with Crippen molar-refractivity contribution in [3.8, 4) is 5.75 Å². The summed E-state index contributed by atoms with van der Waals surface area (Å²) in [7, 11) is 1.44. The number of ketones is 2. The number of hydrogen-bond acceptors (Lipinski definition) is 12. The van der Waals surface area contributed by atoms with Crippen molar-refractivity contribution in [1.29, 1.82) is 0 Å². The second-order valence-electron chi connectivity index (χ2n) is 17.5. The Bertz CT molecular complexity index is 2240. The topological polar surface area (TPSA) is 198 Å². The van der Waals surface area contributed by atoms with Gasteiger partial charge in [-0.05, 0) is 105 Å².